The lowest BCUT2D eigenvalue weighted by atomic mass is 10.1. The number of nitrogens with zero attached hydrogens (tertiary/aromatic N) is 2. The number of ether oxygens (including phenoxy) is 1. The normalized spacial score (nSPS) is 14.1. The number of carbonyl (C=O) groups is 1. The maximum Gasteiger partial charge on any atom is 0.261 e. The average Bonchev–Trinajstić information content (AvgIpc) is 2.80. The Hall–Kier alpha value is -3.43. The summed E-state index contributed by atoms with van der Waals surface area (Å²) in [4.78, 5) is 19.7. The van der Waals surface area contributed by atoms with E-state index in [9.17, 15) is 13.2 Å². The van der Waals surface area contributed by atoms with Gasteiger partial charge in [0.2, 0.25) is 0 Å². The molecule has 1 saturated heterocycles. The number of benzene rings is 2. The van der Waals surface area contributed by atoms with Crippen LogP contribution < -0.4 is 14.9 Å². The van der Waals surface area contributed by atoms with Crippen LogP contribution >= 0.6 is 0 Å². The van der Waals surface area contributed by atoms with Gasteiger partial charge in [-0.1, -0.05) is 18.2 Å². The van der Waals surface area contributed by atoms with E-state index in [0.717, 1.165) is 5.56 Å². The highest BCUT2D eigenvalue weighted by atomic mass is 32.2. The van der Waals surface area contributed by atoms with Crippen LogP contribution in [0.2, 0.25) is 0 Å². The van der Waals surface area contributed by atoms with Crippen molar-refractivity contribution in [2.75, 3.05) is 41.2 Å². The van der Waals surface area contributed by atoms with Crippen LogP contribution in [0.1, 0.15) is 21.5 Å². The molecular formula is C24H26N4O4S. The molecule has 3 aromatic rings. The van der Waals surface area contributed by atoms with Gasteiger partial charge in [-0.3, -0.25) is 9.52 Å². The predicted molar refractivity (Wildman–Crippen MR) is 128 cm³/mol. The van der Waals surface area contributed by atoms with Gasteiger partial charge in [0.15, 0.2) is 5.82 Å². The molecule has 0 spiro atoms. The number of aryl methyl sites for hydroxylation is 2. The van der Waals surface area contributed by atoms with Crippen LogP contribution in [0.25, 0.3) is 0 Å². The number of sulfonamides is 1. The number of hydrogen-bond acceptors (Lipinski definition) is 6. The van der Waals surface area contributed by atoms with Crippen LogP contribution in [-0.4, -0.2) is 45.6 Å². The number of morpholine rings is 1. The van der Waals surface area contributed by atoms with Crippen molar-refractivity contribution in [1.29, 1.82) is 0 Å². The Morgan fingerprint density at radius 3 is 2.58 bits per heavy atom. The first kappa shape index (κ1) is 22.8. The topological polar surface area (TPSA) is 101 Å². The number of rotatable bonds is 6. The van der Waals surface area contributed by atoms with Crippen LogP contribution in [0.5, 0.6) is 0 Å². The third kappa shape index (κ3) is 5.32. The SMILES string of the molecule is Cc1cccc(NS(=O)(=O)c2ccc(C)c(C(=O)Nc3cccnc3N3CCOCC3)c2)c1. The van der Waals surface area contributed by atoms with E-state index >= 15 is 0 Å². The van der Waals surface area contributed by atoms with Crippen molar-refractivity contribution in [3.05, 3.63) is 77.5 Å². The minimum absolute atomic E-state index is 0.0133. The predicted octanol–water partition coefficient (Wildman–Crippen LogP) is 3.59. The lowest BCUT2D eigenvalue weighted by Gasteiger charge is -2.29. The zero-order valence-corrected chi connectivity index (χ0v) is 19.4. The Balaban J connectivity index is 1.59. The Morgan fingerprint density at radius 2 is 1.82 bits per heavy atom. The molecule has 1 aliphatic heterocycles. The molecule has 0 radical (unpaired) electrons. The molecule has 172 valence electrons. The molecule has 9 heteroatoms. The molecule has 0 bridgehead atoms. The minimum Gasteiger partial charge on any atom is -0.378 e. The van der Waals surface area contributed by atoms with Crippen molar-refractivity contribution in [3.63, 3.8) is 0 Å². The standard InChI is InChI=1S/C24H26N4O4S/c1-17-5-3-6-19(15-17)27-33(30,31)20-9-8-18(2)21(16-20)24(29)26-22-7-4-10-25-23(22)28-11-13-32-14-12-28/h3-10,15-16,27H,11-14H2,1-2H3,(H,26,29). The first-order valence-electron chi connectivity index (χ1n) is 10.6. The van der Waals surface area contributed by atoms with E-state index in [1.165, 1.54) is 12.1 Å². The smallest absolute Gasteiger partial charge is 0.261 e. The molecule has 2 N–H and O–H groups in total. The van der Waals surface area contributed by atoms with Crippen LogP contribution in [-0.2, 0) is 14.8 Å². The number of amides is 1. The molecule has 1 aliphatic rings. The molecule has 2 heterocycles. The van der Waals surface area contributed by atoms with E-state index in [0.29, 0.717) is 49.1 Å². The molecule has 1 aromatic heterocycles. The molecule has 0 unspecified atom stereocenters. The van der Waals surface area contributed by atoms with Gasteiger partial charge in [-0.15, -0.1) is 0 Å². The van der Waals surface area contributed by atoms with Gasteiger partial charge in [0.05, 0.1) is 23.8 Å². The van der Waals surface area contributed by atoms with Crippen molar-refractivity contribution >= 4 is 33.1 Å². The number of aromatic nitrogens is 1. The average molecular weight is 467 g/mol. The lowest BCUT2D eigenvalue weighted by molar-refractivity contribution is 0.102. The molecule has 1 fully saturated rings. The maximum absolute atomic E-state index is 13.2. The first-order chi connectivity index (χ1) is 15.8. The highest BCUT2D eigenvalue weighted by Crippen LogP contribution is 2.26. The summed E-state index contributed by atoms with van der Waals surface area (Å²) in [6.45, 7) is 6.20. The van der Waals surface area contributed by atoms with Crippen LogP contribution in [0.4, 0.5) is 17.2 Å². The Bertz CT molecular complexity index is 1270. The van der Waals surface area contributed by atoms with Gasteiger partial charge in [0.1, 0.15) is 0 Å². The van der Waals surface area contributed by atoms with Gasteiger partial charge in [-0.05, 0) is 61.4 Å². The molecule has 33 heavy (non-hydrogen) atoms. The summed E-state index contributed by atoms with van der Waals surface area (Å²) < 4.78 is 33.9. The lowest BCUT2D eigenvalue weighted by Crippen LogP contribution is -2.37. The molecule has 0 atom stereocenters. The number of pyridine rings is 1. The zero-order chi connectivity index (χ0) is 23.4. The highest BCUT2D eigenvalue weighted by molar-refractivity contribution is 7.92. The fraction of sp³-hybridized carbons (Fsp3) is 0.250. The summed E-state index contributed by atoms with van der Waals surface area (Å²) in [5.74, 6) is 0.263. The molecule has 4 rings (SSSR count). The Labute approximate surface area is 193 Å². The second kappa shape index (κ2) is 9.60. The van der Waals surface area contributed by atoms with Crippen molar-refractivity contribution in [2.24, 2.45) is 0 Å². The number of anilines is 3. The number of hydrogen-bond donors (Lipinski definition) is 2. The van der Waals surface area contributed by atoms with Crippen LogP contribution in [0, 0.1) is 13.8 Å². The first-order valence-corrected chi connectivity index (χ1v) is 12.1. The molecule has 1 amide bonds. The van der Waals surface area contributed by atoms with Gasteiger partial charge >= 0.3 is 0 Å². The molecule has 8 nitrogen and oxygen atoms in total. The monoisotopic (exact) mass is 466 g/mol. The van der Waals surface area contributed by atoms with Crippen LogP contribution in [0.3, 0.4) is 0 Å². The molecule has 0 saturated carbocycles. The van der Waals surface area contributed by atoms with E-state index in [-0.39, 0.29) is 10.5 Å². The summed E-state index contributed by atoms with van der Waals surface area (Å²) in [5.41, 5.74) is 2.91. The van der Waals surface area contributed by atoms with E-state index in [1.807, 2.05) is 13.0 Å². The Morgan fingerprint density at radius 1 is 1.03 bits per heavy atom. The van der Waals surface area contributed by atoms with Crippen molar-refractivity contribution in [2.45, 2.75) is 18.7 Å². The fourth-order valence-electron chi connectivity index (χ4n) is 3.65. The zero-order valence-electron chi connectivity index (χ0n) is 18.5. The summed E-state index contributed by atoms with van der Waals surface area (Å²) in [6.07, 6.45) is 1.68. The summed E-state index contributed by atoms with van der Waals surface area (Å²) in [6, 6.07) is 15.1. The van der Waals surface area contributed by atoms with E-state index < -0.39 is 15.9 Å². The van der Waals surface area contributed by atoms with Crippen LogP contribution in [0.15, 0.2) is 65.7 Å². The van der Waals surface area contributed by atoms with Crippen molar-refractivity contribution in [1.82, 2.24) is 4.98 Å². The van der Waals surface area contributed by atoms with E-state index in [4.69, 9.17) is 4.74 Å². The van der Waals surface area contributed by atoms with E-state index in [1.54, 1.807) is 49.5 Å². The second-order valence-corrected chi connectivity index (χ2v) is 9.56. The third-order valence-electron chi connectivity index (χ3n) is 5.38. The largest absolute Gasteiger partial charge is 0.378 e. The van der Waals surface area contributed by atoms with Gasteiger partial charge in [0, 0.05) is 30.5 Å². The fourth-order valence-corrected chi connectivity index (χ4v) is 4.72. The van der Waals surface area contributed by atoms with Gasteiger partial charge in [-0.2, -0.15) is 0 Å². The summed E-state index contributed by atoms with van der Waals surface area (Å²) >= 11 is 0. The van der Waals surface area contributed by atoms with Crippen molar-refractivity contribution in [3.8, 4) is 0 Å². The minimum atomic E-state index is -3.87. The van der Waals surface area contributed by atoms with E-state index in [2.05, 4.69) is 19.9 Å². The second-order valence-electron chi connectivity index (χ2n) is 7.88. The Kier molecular flexibility index (Phi) is 6.62. The maximum atomic E-state index is 13.2. The summed E-state index contributed by atoms with van der Waals surface area (Å²) in [5, 5.41) is 2.90. The van der Waals surface area contributed by atoms with Gasteiger partial charge in [0.25, 0.3) is 15.9 Å². The van der Waals surface area contributed by atoms with Gasteiger partial charge < -0.3 is 15.0 Å². The molecule has 2 aromatic carbocycles. The van der Waals surface area contributed by atoms with Gasteiger partial charge in [-0.25, -0.2) is 13.4 Å². The number of carbonyl (C=O) groups excluding carboxylic acids is 1. The quantitative estimate of drug-likeness (QED) is 0.576. The number of nitrogens with one attached hydrogen (secondary N) is 2. The van der Waals surface area contributed by atoms with Crippen molar-refractivity contribution < 1.29 is 17.9 Å². The molecule has 0 aliphatic carbocycles. The highest BCUT2D eigenvalue weighted by Gasteiger charge is 2.21. The summed E-state index contributed by atoms with van der Waals surface area (Å²) in [7, 11) is -3.87. The molecular weight excluding hydrogens is 440 g/mol. The third-order valence-corrected chi connectivity index (χ3v) is 6.76.